The van der Waals surface area contributed by atoms with Crippen LogP contribution in [-0.2, 0) is 9.47 Å². The first-order valence-electron chi connectivity index (χ1n) is 10.8. The fraction of sp³-hybridized carbons (Fsp3) is 0.667. The highest BCUT2D eigenvalue weighted by Gasteiger charge is 2.36. The zero-order valence-electron chi connectivity index (χ0n) is 16.3. The SMILES string of the molecule is C=C[C@H]1CC[C@H](C2COC(C3CCC(c4ccc(Cl)cc4)CC3)OC2)CC1. The van der Waals surface area contributed by atoms with Crippen molar-refractivity contribution in [2.24, 2.45) is 23.7 Å². The summed E-state index contributed by atoms with van der Waals surface area (Å²) in [5.41, 5.74) is 1.43. The summed E-state index contributed by atoms with van der Waals surface area (Å²) >= 11 is 6.02. The van der Waals surface area contributed by atoms with Crippen molar-refractivity contribution in [2.45, 2.75) is 63.6 Å². The van der Waals surface area contributed by atoms with E-state index < -0.39 is 0 Å². The minimum absolute atomic E-state index is 0.0249. The van der Waals surface area contributed by atoms with Crippen LogP contribution < -0.4 is 0 Å². The van der Waals surface area contributed by atoms with Gasteiger partial charge in [-0.05, 0) is 86.8 Å². The molecule has 3 heteroatoms. The Morgan fingerprint density at radius 3 is 1.96 bits per heavy atom. The predicted molar refractivity (Wildman–Crippen MR) is 111 cm³/mol. The Hall–Kier alpha value is -0.830. The van der Waals surface area contributed by atoms with Crippen molar-refractivity contribution in [3.63, 3.8) is 0 Å². The average Bonchev–Trinajstić information content (AvgIpc) is 2.75. The summed E-state index contributed by atoms with van der Waals surface area (Å²) in [5.74, 6) is 3.33. The summed E-state index contributed by atoms with van der Waals surface area (Å²) in [6.07, 6.45) is 12.2. The Bertz CT molecular complexity index is 589. The standard InChI is InChI=1S/C24H33ClO2/c1-2-17-3-5-20(6-4-17)22-15-26-24(27-16-22)21-9-7-18(8-10-21)19-11-13-23(25)14-12-19/h2,11-14,17-18,20-22,24H,1,3-10,15-16H2/t17-,18?,20-,21?,22?,24?. The van der Waals surface area contributed by atoms with Gasteiger partial charge in [-0.25, -0.2) is 0 Å². The van der Waals surface area contributed by atoms with Crippen molar-refractivity contribution in [3.8, 4) is 0 Å². The van der Waals surface area contributed by atoms with Gasteiger partial charge in [0.05, 0.1) is 13.2 Å². The number of halogens is 1. The summed E-state index contributed by atoms with van der Waals surface area (Å²) in [6.45, 7) is 5.74. The molecule has 2 nitrogen and oxygen atoms in total. The van der Waals surface area contributed by atoms with Gasteiger partial charge < -0.3 is 9.47 Å². The number of benzene rings is 1. The van der Waals surface area contributed by atoms with Crippen LogP contribution in [0, 0.1) is 23.7 Å². The Labute approximate surface area is 169 Å². The molecule has 0 unspecified atom stereocenters. The number of ether oxygens (including phenoxy) is 2. The van der Waals surface area contributed by atoms with Crippen LogP contribution in [0.2, 0.25) is 5.02 Å². The highest BCUT2D eigenvalue weighted by atomic mass is 35.5. The van der Waals surface area contributed by atoms with E-state index in [1.165, 1.54) is 56.9 Å². The number of hydrogen-bond acceptors (Lipinski definition) is 2. The maximum absolute atomic E-state index is 6.23. The van der Waals surface area contributed by atoms with Crippen LogP contribution in [-0.4, -0.2) is 19.5 Å². The number of allylic oxidation sites excluding steroid dienone is 1. The van der Waals surface area contributed by atoms with Crippen LogP contribution in [0.5, 0.6) is 0 Å². The molecular formula is C24H33ClO2. The summed E-state index contributed by atoms with van der Waals surface area (Å²) in [5, 5.41) is 0.823. The Balaban J connectivity index is 1.21. The summed E-state index contributed by atoms with van der Waals surface area (Å²) in [7, 11) is 0. The van der Waals surface area contributed by atoms with E-state index in [1.54, 1.807) is 0 Å². The van der Waals surface area contributed by atoms with E-state index in [0.29, 0.717) is 17.8 Å². The van der Waals surface area contributed by atoms with Gasteiger partial charge in [-0.1, -0.05) is 29.8 Å². The zero-order valence-corrected chi connectivity index (χ0v) is 17.1. The second kappa shape index (κ2) is 9.11. The molecule has 3 fully saturated rings. The summed E-state index contributed by atoms with van der Waals surface area (Å²) in [6, 6.07) is 8.40. The van der Waals surface area contributed by atoms with Crippen molar-refractivity contribution >= 4 is 11.6 Å². The Morgan fingerprint density at radius 2 is 1.37 bits per heavy atom. The molecule has 1 saturated heterocycles. The lowest BCUT2D eigenvalue weighted by molar-refractivity contribution is -0.236. The van der Waals surface area contributed by atoms with Gasteiger partial charge in [-0.3, -0.25) is 0 Å². The van der Waals surface area contributed by atoms with Crippen molar-refractivity contribution in [1.82, 2.24) is 0 Å². The lowest BCUT2D eigenvalue weighted by Crippen LogP contribution is -2.41. The maximum atomic E-state index is 6.23. The monoisotopic (exact) mass is 388 g/mol. The highest BCUT2D eigenvalue weighted by Crippen LogP contribution is 2.41. The van der Waals surface area contributed by atoms with Gasteiger partial charge in [0.25, 0.3) is 0 Å². The molecule has 2 saturated carbocycles. The Morgan fingerprint density at radius 1 is 0.778 bits per heavy atom. The molecule has 1 aromatic rings. The van der Waals surface area contributed by atoms with Crippen molar-refractivity contribution in [3.05, 3.63) is 47.5 Å². The molecule has 0 atom stereocenters. The van der Waals surface area contributed by atoms with Crippen molar-refractivity contribution < 1.29 is 9.47 Å². The molecule has 0 spiro atoms. The van der Waals surface area contributed by atoms with Gasteiger partial charge in [0.2, 0.25) is 0 Å². The van der Waals surface area contributed by atoms with Gasteiger partial charge in [0.15, 0.2) is 6.29 Å². The molecule has 0 bridgehead atoms. The number of hydrogen-bond donors (Lipinski definition) is 0. The minimum atomic E-state index is 0.0249. The van der Waals surface area contributed by atoms with Crippen molar-refractivity contribution in [2.75, 3.05) is 13.2 Å². The van der Waals surface area contributed by atoms with Crippen LogP contribution >= 0.6 is 11.6 Å². The molecule has 1 aliphatic heterocycles. The van der Waals surface area contributed by atoms with Gasteiger partial charge in [-0.15, -0.1) is 6.58 Å². The topological polar surface area (TPSA) is 18.5 Å². The second-order valence-electron chi connectivity index (χ2n) is 8.87. The fourth-order valence-corrected chi connectivity index (χ4v) is 5.52. The van der Waals surface area contributed by atoms with Gasteiger partial charge in [0.1, 0.15) is 0 Å². The molecule has 2 aliphatic carbocycles. The lowest BCUT2D eigenvalue weighted by Gasteiger charge is -2.41. The molecule has 0 radical (unpaired) electrons. The van der Waals surface area contributed by atoms with Gasteiger partial charge in [0, 0.05) is 16.9 Å². The van der Waals surface area contributed by atoms with E-state index in [1.807, 2.05) is 12.1 Å². The molecule has 1 aromatic carbocycles. The van der Waals surface area contributed by atoms with Crippen LogP contribution in [0.3, 0.4) is 0 Å². The largest absolute Gasteiger partial charge is 0.352 e. The first-order valence-corrected chi connectivity index (χ1v) is 11.2. The third kappa shape index (κ3) is 4.78. The molecule has 148 valence electrons. The molecule has 0 amide bonds. The molecule has 27 heavy (non-hydrogen) atoms. The van der Waals surface area contributed by atoms with E-state index in [9.17, 15) is 0 Å². The fourth-order valence-electron chi connectivity index (χ4n) is 5.39. The summed E-state index contributed by atoms with van der Waals surface area (Å²) in [4.78, 5) is 0. The minimum Gasteiger partial charge on any atom is -0.352 e. The first kappa shape index (κ1) is 19.5. The highest BCUT2D eigenvalue weighted by molar-refractivity contribution is 6.30. The lowest BCUT2D eigenvalue weighted by atomic mass is 9.75. The number of rotatable bonds is 4. The molecular weight excluding hydrogens is 356 g/mol. The normalized spacial score (nSPS) is 37.7. The summed E-state index contributed by atoms with van der Waals surface area (Å²) < 4.78 is 12.5. The molecule has 0 aromatic heterocycles. The molecule has 1 heterocycles. The third-order valence-electron chi connectivity index (χ3n) is 7.26. The zero-order chi connectivity index (χ0) is 18.6. The van der Waals surface area contributed by atoms with Crippen LogP contribution in [0.4, 0.5) is 0 Å². The predicted octanol–water partition coefficient (Wildman–Crippen LogP) is 6.60. The smallest absolute Gasteiger partial charge is 0.160 e. The van der Waals surface area contributed by atoms with E-state index >= 15 is 0 Å². The van der Waals surface area contributed by atoms with E-state index in [4.69, 9.17) is 21.1 Å². The Kier molecular flexibility index (Phi) is 6.58. The van der Waals surface area contributed by atoms with Gasteiger partial charge >= 0.3 is 0 Å². The molecule has 3 aliphatic rings. The van der Waals surface area contributed by atoms with Crippen molar-refractivity contribution in [1.29, 1.82) is 0 Å². The molecule has 4 rings (SSSR count). The van der Waals surface area contributed by atoms with Crippen LogP contribution in [0.25, 0.3) is 0 Å². The van der Waals surface area contributed by atoms with Crippen LogP contribution in [0.1, 0.15) is 62.8 Å². The molecule has 0 N–H and O–H groups in total. The van der Waals surface area contributed by atoms with E-state index in [-0.39, 0.29) is 6.29 Å². The third-order valence-corrected chi connectivity index (χ3v) is 7.52. The van der Waals surface area contributed by atoms with E-state index in [2.05, 4.69) is 24.8 Å². The second-order valence-corrected chi connectivity index (χ2v) is 9.31. The maximum Gasteiger partial charge on any atom is 0.160 e. The average molecular weight is 389 g/mol. The first-order chi connectivity index (χ1) is 13.2. The van der Waals surface area contributed by atoms with Crippen LogP contribution in [0.15, 0.2) is 36.9 Å². The quantitative estimate of drug-likeness (QED) is 0.541. The van der Waals surface area contributed by atoms with Gasteiger partial charge in [-0.2, -0.15) is 0 Å². The van der Waals surface area contributed by atoms with E-state index in [0.717, 1.165) is 30.1 Å².